The van der Waals surface area contributed by atoms with Gasteiger partial charge < -0.3 is 5.32 Å². The standard InChI is InChI=1S/C10H8N2OS/c13-10-4-1-7-5-8(11-6-14)2-3-9(7)12-10/h2-3,5H,1,4H2,(H,12,13). The van der Waals surface area contributed by atoms with Crippen LogP contribution in [0.15, 0.2) is 23.2 Å². The number of aliphatic imine (C=N–C) groups is 1. The minimum absolute atomic E-state index is 0.0728. The zero-order valence-corrected chi connectivity index (χ0v) is 8.23. The number of aryl methyl sites for hydroxylation is 1. The topological polar surface area (TPSA) is 41.5 Å². The van der Waals surface area contributed by atoms with Crippen molar-refractivity contribution < 1.29 is 4.79 Å². The van der Waals surface area contributed by atoms with Gasteiger partial charge in [0.2, 0.25) is 5.91 Å². The summed E-state index contributed by atoms with van der Waals surface area (Å²) >= 11 is 4.52. The fourth-order valence-electron chi connectivity index (χ4n) is 1.49. The van der Waals surface area contributed by atoms with E-state index in [-0.39, 0.29) is 5.91 Å². The number of rotatable bonds is 1. The highest BCUT2D eigenvalue weighted by Gasteiger charge is 2.14. The van der Waals surface area contributed by atoms with Gasteiger partial charge in [0, 0.05) is 12.1 Å². The molecule has 0 radical (unpaired) electrons. The average Bonchev–Trinajstić information content (AvgIpc) is 2.19. The number of anilines is 1. The predicted octanol–water partition coefficient (Wildman–Crippen LogP) is 2.31. The van der Waals surface area contributed by atoms with Crippen LogP contribution in [0, 0.1) is 0 Å². The maximum absolute atomic E-state index is 11.1. The van der Waals surface area contributed by atoms with Crippen LogP contribution >= 0.6 is 12.2 Å². The molecule has 0 saturated carbocycles. The summed E-state index contributed by atoms with van der Waals surface area (Å²) in [6, 6.07) is 5.58. The quantitative estimate of drug-likeness (QED) is 0.563. The molecule has 2 rings (SSSR count). The number of isothiocyanates is 1. The normalized spacial score (nSPS) is 13.9. The fraction of sp³-hybridized carbons (Fsp3) is 0.200. The minimum atomic E-state index is 0.0728. The lowest BCUT2D eigenvalue weighted by Crippen LogP contribution is -2.18. The average molecular weight is 204 g/mol. The van der Waals surface area contributed by atoms with Crippen molar-refractivity contribution in [3.8, 4) is 0 Å². The highest BCUT2D eigenvalue weighted by Crippen LogP contribution is 2.26. The zero-order valence-electron chi connectivity index (χ0n) is 7.41. The molecule has 1 aromatic rings. The summed E-state index contributed by atoms with van der Waals surface area (Å²) in [7, 11) is 0. The Morgan fingerprint density at radius 2 is 2.29 bits per heavy atom. The van der Waals surface area contributed by atoms with Crippen LogP contribution < -0.4 is 5.32 Å². The van der Waals surface area contributed by atoms with E-state index in [1.54, 1.807) is 0 Å². The molecule has 0 aromatic heterocycles. The maximum atomic E-state index is 11.1. The van der Waals surface area contributed by atoms with Crippen molar-refractivity contribution in [1.29, 1.82) is 0 Å². The molecule has 4 heteroatoms. The zero-order chi connectivity index (χ0) is 9.97. The lowest BCUT2D eigenvalue weighted by molar-refractivity contribution is -0.116. The van der Waals surface area contributed by atoms with Gasteiger partial charge in [0.1, 0.15) is 0 Å². The molecule has 1 aliphatic rings. The van der Waals surface area contributed by atoms with Gasteiger partial charge in [-0.3, -0.25) is 4.79 Å². The highest BCUT2D eigenvalue weighted by molar-refractivity contribution is 7.78. The second-order valence-electron chi connectivity index (χ2n) is 3.09. The summed E-state index contributed by atoms with van der Waals surface area (Å²) in [6.07, 6.45) is 1.31. The molecule has 14 heavy (non-hydrogen) atoms. The number of carbonyl (C=O) groups excluding carboxylic acids is 1. The Labute approximate surface area is 86.9 Å². The third kappa shape index (κ3) is 1.71. The van der Waals surface area contributed by atoms with Gasteiger partial charge in [0.25, 0.3) is 0 Å². The van der Waals surface area contributed by atoms with E-state index >= 15 is 0 Å². The first kappa shape index (κ1) is 9.06. The van der Waals surface area contributed by atoms with Gasteiger partial charge in [-0.25, -0.2) is 0 Å². The lowest BCUT2D eigenvalue weighted by Gasteiger charge is -2.16. The van der Waals surface area contributed by atoms with Gasteiger partial charge in [0.15, 0.2) is 0 Å². The number of hydrogen-bond donors (Lipinski definition) is 1. The van der Waals surface area contributed by atoms with Crippen molar-refractivity contribution in [2.75, 3.05) is 5.32 Å². The third-order valence-electron chi connectivity index (χ3n) is 2.16. The number of carbonyl (C=O) groups is 1. The van der Waals surface area contributed by atoms with Crippen LogP contribution in [0.3, 0.4) is 0 Å². The van der Waals surface area contributed by atoms with E-state index in [1.165, 1.54) is 0 Å². The minimum Gasteiger partial charge on any atom is -0.326 e. The van der Waals surface area contributed by atoms with Crippen LogP contribution in [0.1, 0.15) is 12.0 Å². The number of nitrogens with zero attached hydrogens (tertiary/aromatic N) is 1. The second kappa shape index (κ2) is 3.70. The van der Waals surface area contributed by atoms with Gasteiger partial charge in [-0.15, -0.1) is 0 Å². The summed E-state index contributed by atoms with van der Waals surface area (Å²) in [4.78, 5) is 15.0. The maximum Gasteiger partial charge on any atom is 0.224 e. The van der Waals surface area contributed by atoms with Crippen LogP contribution in [0.2, 0.25) is 0 Å². The molecule has 0 fully saturated rings. The summed E-state index contributed by atoms with van der Waals surface area (Å²) in [5.74, 6) is 0.0728. The Bertz CT molecular complexity index is 436. The van der Waals surface area contributed by atoms with E-state index in [4.69, 9.17) is 0 Å². The van der Waals surface area contributed by atoms with E-state index in [1.807, 2.05) is 18.2 Å². The predicted molar refractivity (Wildman–Crippen MR) is 58.1 cm³/mol. The molecule has 70 valence electrons. The van der Waals surface area contributed by atoms with Gasteiger partial charge in [0.05, 0.1) is 10.8 Å². The second-order valence-corrected chi connectivity index (χ2v) is 3.28. The fourth-order valence-corrected chi connectivity index (χ4v) is 1.60. The van der Waals surface area contributed by atoms with E-state index in [2.05, 4.69) is 27.7 Å². The smallest absolute Gasteiger partial charge is 0.224 e. The van der Waals surface area contributed by atoms with Crippen LogP contribution in [0.4, 0.5) is 11.4 Å². The Hall–Kier alpha value is -1.51. The molecule has 1 heterocycles. The summed E-state index contributed by atoms with van der Waals surface area (Å²) in [5.41, 5.74) is 2.77. The number of hydrogen-bond acceptors (Lipinski definition) is 3. The van der Waals surface area contributed by atoms with Crippen LogP contribution in [0.25, 0.3) is 0 Å². The van der Waals surface area contributed by atoms with Crippen LogP contribution in [-0.2, 0) is 11.2 Å². The van der Waals surface area contributed by atoms with Crippen molar-refractivity contribution in [1.82, 2.24) is 0 Å². The van der Waals surface area contributed by atoms with E-state index < -0.39 is 0 Å². The molecule has 0 spiro atoms. The first-order valence-corrected chi connectivity index (χ1v) is 4.71. The molecule has 1 N–H and O–H groups in total. The Balaban J connectivity index is 2.40. The molecule has 0 saturated heterocycles. The Morgan fingerprint density at radius 1 is 1.43 bits per heavy atom. The molecule has 1 aliphatic heterocycles. The summed E-state index contributed by atoms with van der Waals surface area (Å²) < 4.78 is 0. The summed E-state index contributed by atoms with van der Waals surface area (Å²) in [5, 5.41) is 5.12. The van der Waals surface area contributed by atoms with Gasteiger partial charge in [-0.05, 0) is 42.4 Å². The van der Waals surface area contributed by atoms with Crippen molar-refractivity contribution in [3.63, 3.8) is 0 Å². The Kier molecular flexibility index (Phi) is 2.39. The third-order valence-corrected chi connectivity index (χ3v) is 2.25. The number of thiocarbonyl (C=S) groups is 1. The van der Waals surface area contributed by atoms with Gasteiger partial charge in [-0.2, -0.15) is 4.99 Å². The van der Waals surface area contributed by atoms with Gasteiger partial charge >= 0.3 is 0 Å². The highest BCUT2D eigenvalue weighted by atomic mass is 32.1. The number of amides is 1. The number of fused-ring (bicyclic) bond motifs is 1. The molecular formula is C10H8N2OS. The van der Waals surface area contributed by atoms with Crippen molar-refractivity contribution >= 4 is 34.7 Å². The number of benzene rings is 1. The largest absolute Gasteiger partial charge is 0.326 e. The monoisotopic (exact) mass is 204 g/mol. The van der Waals surface area contributed by atoms with Crippen molar-refractivity contribution in [2.24, 2.45) is 4.99 Å². The molecule has 1 aromatic carbocycles. The first-order valence-electron chi connectivity index (χ1n) is 4.30. The van der Waals surface area contributed by atoms with E-state index in [9.17, 15) is 4.79 Å². The summed E-state index contributed by atoms with van der Waals surface area (Å²) in [6.45, 7) is 0. The molecular weight excluding hydrogens is 196 g/mol. The van der Waals surface area contributed by atoms with Crippen LogP contribution in [-0.4, -0.2) is 11.1 Å². The molecule has 0 aliphatic carbocycles. The molecule has 0 unspecified atom stereocenters. The molecule has 3 nitrogen and oxygen atoms in total. The van der Waals surface area contributed by atoms with Crippen LogP contribution in [0.5, 0.6) is 0 Å². The van der Waals surface area contributed by atoms with E-state index in [0.717, 1.165) is 23.4 Å². The molecule has 0 bridgehead atoms. The van der Waals surface area contributed by atoms with Crippen molar-refractivity contribution in [2.45, 2.75) is 12.8 Å². The number of nitrogens with one attached hydrogen (secondary N) is 1. The van der Waals surface area contributed by atoms with Crippen molar-refractivity contribution in [3.05, 3.63) is 23.8 Å². The van der Waals surface area contributed by atoms with Gasteiger partial charge in [-0.1, -0.05) is 0 Å². The Morgan fingerprint density at radius 3 is 3.07 bits per heavy atom. The SMILES string of the molecule is O=C1CCc2cc(N=C=S)ccc2N1. The lowest BCUT2D eigenvalue weighted by atomic mass is 10.0. The molecule has 0 atom stereocenters. The molecule has 1 amide bonds. The van der Waals surface area contributed by atoms with E-state index in [0.29, 0.717) is 6.42 Å². The first-order chi connectivity index (χ1) is 6.79.